The smallest absolute Gasteiger partial charge is 0.272 e. The molecule has 1 saturated heterocycles. The average molecular weight is 408 g/mol. The van der Waals surface area contributed by atoms with E-state index < -0.39 is 11.6 Å². The Morgan fingerprint density at radius 3 is 2.73 bits per heavy atom. The highest BCUT2D eigenvalue weighted by Crippen LogP contribution is 2.28. The fraction of sp³-hybridized carbons (Fsp3) is 0.304. The molecular formula is C23H22F2N4O. The van der Waals surface area contributed by atoms with Crippen molar-refractivity contribution < 1.29 is 13.6 Å². The Balaban J connectivity index is 1.33. The molecule has 1 fully saturated rings. The second-order valence-corrected chi connectivity index (χ2v) is 7.88. The van der Waals surface area contributed by atoms with Gasteiger partial charge in [-0.05, 0) is 49.9 Å². The number of nitrogens with one attached hydrogen (secondary N) is 1. The van der Waals surface area contributed by atoms with Crippen LogP contribution in [0.25, 0.3) is 5.69 Å². The van der Waals surface area contributed by atoms with Gasteiger partial charge in [0.2, 0.25) is 0 Å². The lowest BCUT2D eigenvalue weighted by molar-refractivity contribution is 0.0934. The normalized spacial score (nSPS) is 17.9. The first-order valence-electron chi connectivity index (χ1n) is 10.3. The zero-order chi connectivity index (χ0) is 20.7. The molecule has 1 aliphatic heterocycles. The molecule has 1 aromatic heterocycles. The van der Waals surface area contributed by atoms with Crippen LogP contribution in [0.1, 0.15) is 34.6 Å². The summed E-state index contributed by atoms with van der Waals surface area (Å²) in [5.74, 6) is -1.36. The van der Waals surface area contributed by atoms with Gasteiger partial charge in [-0.3, -0.25) is 4.79 Å². The first-order chi connectivity index (χ1) is 14.6. The van der Waals surface area contributed by atoms with Crippen LogP contribution in [0.5, 0.6) is 0 Å². The summed E-state index contributed by atoms with van der Waals surface area (Å²) in [6.07, 6.45) is 3.47. The number of hydrogen-bond donors (Lipinski definition) is 1. The van der Waals surface area contributed by atoms with Gasteiger partial charge in [-0.25, -0.2) is 13.5 Å². The lowest BCUT2D eigenvalue weighted by Gasteiger charge is -2.19. The topological polar surface area (TPSA) is 50.2 Å². The number of benzene rings is 2. The number of anilines is 1. The molecule has 1 amide bonds. The standard InChI is InChI=1S/C23H22F2N4O/c24-15-9-10-21(19(25)13-15)28-12-11-16(14-28)26-23(30)22-18-7-4-8-20(18)29(27-22)17-5-2-1-3-6-17/h1-3,5-6,9-10,13,16H,4,7-8,11-12,14H2,(H,26,30). The Kier molecular flexibility index (Phi) is 4.73. The van der Waals surface area contributed by atoms with E-state index in [2.05, 4.69) is 10.4 Å². The van der Waals surface area contributed by atoms with E-state index >= 15 is 0 Å². The molecule has 154 valence electrons. The Morgan fingerprint density at radius 2 is 1.93 bits per heavy atom. The van der Waals surface area contributed by atoms with Crippen molar-refractivity contribution in [1.29, 1.82) is 0 Å². The van der Waals surface area contributed by atoms with Gasteiger partial charge in [0.05, 0.1) is 11.4 Å². The van der Waals surface area contributed by atoms with Crippen LogP contribution in [0.2, 0.25) is 0 Å². The van der Waals surface area contributed by atoms with Crippen molar-refractivity contribution in [2.75, 3.05) is 18.0 Å². The second kappa shape index (κ2) is 7.55. The number of amides is 1. The van der Waals surface area contributed by atoms with Crippen molar-refractivity contribution in [3.63, 3.8) is 0 Å². The molecule has 0 spiro atoms. The van der Waals surface area contributed by atoms with Gasteiger partial charge in [-0.15, -0.1) is 0 Å². The molecule has 1 atom stereocenters. The van der Waals surface area contributed by atoms with Crippen molar-refractivity contribution >= 4 is 11.6 Å². The minimum atomic E-state index is -0.594. The van der Waals surface area contributed by atoms with Crippen LogP contribution in [0.15, 0.2) is 48.5 Å². The molecule has 0 saturated carbocycles. The molecular weight excluding hydrogens is 386 g/mol. The summed E-state index contributed by atoms with van der Waals surface area (Å²) < 4.78 is 29.2. The van der Waals surface area contributed by atoms with Crippen LogP contribution in [0.3, 0.4) is 0 Å². The Bertz CT molecular complexity index is 1100. The molecule has 2 aliphatic rings. The van der Waals surface area contributed by atoms with E-state index in [9.17, 15) is 13.6 Å². The number of hydrogen-bond acceptors (Lipinski definition) is 3. The lowest BCUT2D eigenvalue weighted by Crippen LogP contribution is -2.37. The van der Waals surface area contributed by atoms with Gasteiger partial charge in [0.25, 0.3) is 5.91 Å². The highest BCUT2D eigenvalue weighted by atomic mass is 19.1. The number of halogens is 2. The first-order valence-corrected chi connectivity index (χ1v) is 10.3. The van der Waals surface area contributed by atoms with E-state index in [0.29, 0.717) is 30.9 Å². The van der Waals surface area contributed by atoms with Gasteiger partial charge in [0.15, 0.2) is 5.69 Å². The Hall–Kier alpha value is -3.22. The van der Waals surface area contributed by atoms with Gasteiger partial charge in [-0.2, -0.15) is 5.10 Å². The van der Waals surface area contributed by atoms with Crippen LogP contribution in [0.4, 0.5) is 14.5 Å². The summed E-state index contributed by atoms with van der Waals surface area (Å²) in [4.78, 5) is 14.9. The van der Waals surface area contributed by atoms with Crippen molar-refractivity contribution in [3.05, 3.63) is 77.1 Å². The summed E-state index contributed by atoms with van der Waals surface area (Å²) in [6.45, 7) is 1.08. The van der Waals surface area contributed by atoms with E-state index in [4.69, 9.17) is 0 Å². The van der Waals surface area contributed by atoms with E-state index in [0.717, 1.165) is 42.3 Å². The molecule has 7 heteroatoms. The Labute approximate surface area is 173 Å². The summed E-state index contributed by atoms with van der Waals surface area (Å²) in [7, 11) is 0. The molecule has 5 nitrogen and oxygen atoms in total. The third-order valence-corrected chi connectivity index (χ3v) is 5.92. The third kappa shape index (κ3) is 3.34. The van der Waals surface area contributed by atoms with Gasteiger partial charge in [-0.1, -0.05) is 18.2 Å². The minimum absolute atomic E-state index is 0.110. The van der Waals surface area contributed by atoms with Crippen molar-refractivity contribution in [1.82, 2.24) is 15.1 Å². The number of aromatic nitrogens is 2. The molecule has 2 heterocycles. The monoisotopic (exact) mass is 408 g/mol. The van der Waals surface area contributed by atoms with Gasteiger partial charge in [0, 0.05) is 36.5 Å². The van der Waals surface area contributed by atoms with Crippen LogP contribution >= 0.6 is 0 Å². The summed E-state index contributed by atoms with van der Waals surface area (Å²) >= 11 is 0. The van der Waals surface area contributed by atoms with Crippen molar-refractivity contribution in [2.45, 2.75) is 31.7 Å². The summed E-state index contributed by atoms with van der Waals surface area (Å²) in [5.41, 5.74) is 3.93. The predicted molar refractivity (Wildman–Crippen MR) is 110 cm³/mol. The van der Waals surface area contributed by atoms with E-state index in [-0.39, 0.29) is 11.9 Å². The van der Waals surface area contributed by atoms with E-state index in [1.165, 1.54) is 12.1 Å². The zero-order valence-electron chi connectivity index (χ0n) is 16.4. The molecule has 1 unspecified atom stereocenters. The van der Waals surface area contributed by atoms with Gasteiger partial charge < -0.3 is 10.2 Å². The molecule has 30 heavy (non-hydrogen) atoms. The number of nitrogens with zero attached hydrogens (tertiary/aromatic N) is 3. The maximum absolute atomic E-state index is 14.1. The highest BCUT2D eigenvalue weighted by Gasteiger charge is 2.30. The fourth-order valence-corrected chi connectivity index (χ4v) is 4.49. The van der Waals surface area contributed by atoms with E-state index in [1.54, 1.807) is 0 Å². The highest BCUT2D eigenvalue weighted by molar-refractivity contribution is 5.94. The number of rotatable bonds is 4. The molecule has 1 aliphatic carbocycles. The maximum atomic E-state index is 14.1. The lowest BCUT2D eigenvalue weighted by atomic mass is 10.1. The summed E-state index contributed by atoms with van der Waals surface area (Å²) in [6, 6.07) is 13.3. The maximum Gasteiger partial charge on any atom is 0.272 e. The van der Waals surface area contributed by atoms with Gasteiger partial charge in [0.1, 0.15) is 11.6 Å². The molecule has 2 aromatic carbocycles. The first kappa shape index (κ1) is 18.8. The number of para-hydroxylation sites is 1. The average Bonchev–Trinajstić information content (AvgIpc) is 3.45. The van der Waals surface area contributed by atoms with Crippen LogP contribution < -0.4 is 10.2 Å². The minimum Gasteiger partial charge on any atom is -0.367 e. The van der Waals surface area contributed by atoms with Crippen molar-refractivity contribution in [3.8, 4) is 5.69 Å². The molecule has 0 bridgehead atoms. The van der Waals surface area contributed by atoms with Crippen LogP contribution in [-0.2, 0) is 12.8 Å². The quantitative estimate of drug-likeness (QED) is 0.717. The van der Waals surface area contributed by atoms with Crippen LogP contribution in [-0.4, -0.2) is 34.8 Å². The number of carbonyl (C=O) groups excluding carboxylic acids is 1. The number of fused-ring (bicyclic) bond motifs is 1. The van der Waals surface area contributed by atoms with Gasteiger partial charge >= 0.3 is 0 Å². The predicted octanol–water partition coefficient (Wildman–Crippen LogP) is 3.65. The molecule has 3 aromatic rings. The second-order valence-electron chi connectivity index (χ2n) is 7.88. The third-order valence-electron chi connectivity index (χ3n) is 5.92. The van der Waals surface area contributed by atoms with E-state index in [1.807, 2.05) is 39.9 Å². The Morgan fingerprint density at radius 1 is 1.10 bits per heavy atom. The largest absolute Gasteiger partial charge is 0.367 e. The molecule has 5 rings (SSSR count). The SMILES string of the molecule is O=C(NC1CCN(c2ccc(F)cc2F)C1)c1nn(-c2ccccc2)c2c1CCC2. The molecule has 1 N–H and O–H groups in total. The van der Waals surface area contributed by atoms with Crippen LogP contribution in [0, 0.1) is 11.6 Å². The number of carbonyl (C=O) groups is 1. The van der Waals surface area contributed by atoms with Crippen molar-refractivity contribution in [2.24, 2.45) is 0 Å². The fourth-order valence-electron chi connectivity index (χ4n) is 4.49. The molecule has 0 radical (unpaired) electrons. The summed E-state index contributed by atoms with van der Waals surface area (Å²) in [5, 5.41) is 7.70. The zero-order valence-corrected chi connectivity index (χ0v) is 16.4.